The lowest BCUT2D eigenvalue weighted by molar-refractivity contribution is 0.160. The second-order valence-corrected chi connectivity index (χ2v) is 5.77. The zero-order valence-electron chi connectivity index (χ0n) is 10.6. The molecule has 1 atom stereocenters. The summed E-state index contributed by atoms with van der Waals surface area (Å²) in [6, 6.07) is 10.6. The number of aromatic nitrogens is 2. The van der Waals surface area contributed by atoms with Crippen molar-refractivity contribution in [1.82, 2.24) is 8.75 Å². The lowest BCUT2D eigenvalue weighted by atomic mass is 9.85. The minimum absolute atomic E-state index is 0.111. The number of rotatable bonds is 1. The molecule has 3 N–H and O–H groups in total. The molecule has 2 aromatic carbocycles. The molecule has 0 aliphatic carbocycles. The number of hydrogen-bond acceptors (Lipinski definition) is 6. The highest BCUT2D eigenvalue weighted by atomic mass is 35.5. The van der Waals surface area contributed by atoms with Crippen LogP contribution in [-0.2, 0) is 5.60 Å². The molecule has 0 saturated carbocycles. The average Bonchev–Trinajstić information content (AvgIpc) is 3.04. The van der Waals surface area contributed by atoms with Gasteiger partial charge in [-0.15, -0.1) is 0 Å². The number of nitrogens with two attached hydrogens (primary N) is 1. The summed E-state index contributed by atoms with van der Waals surface area (Å²) in [5, 5.41) is 11.8. The summed E-state index contributed by atoms with van der Waals surface area (Å²) >= 11 is 7.15. The number of aliphatic hydroxyl groups is 1. The van der Waals surface area contributed by atoms with Crippen molar-refractivity contribution < 1.29 is 5.11 Å². The standard InChI is InChI=1S/C14H9ClN4OS/c15-7-4-5-10-9(6-7)14(20,13(16)17-10)8-2-1-3-11-12(8)19-21-18-11/h1-6,20H,(H2,16,17). The van der Waals surface area contributed by atoms with E-state index >= 15 is 0 Å². The zero-order valence-corrected chi connectivity index (χ0v) is 12.2. The first-order chi connectivity index (χ1) is 10.1. The Morgan fingerprint density at radius 2 is 2.00 bits per heavy atom. The van der Waals surface area contributed by atoms with Crippen molar-refractivity contribution >= 4 is 45.9 Å². The van der Waals surface area contributed by atoms with Crippen LogP contribution in [0.1, 0.15) is 11.1 Å². The first-order valence-corrected chi connectivity index (χ1v) is 7.30. The molecule has 104 valence electrons. The number of nitrogens with zero attached hydrogens (tertiary/aromatic N) is 3. The fraction of sp³-hybridized carbons (Fsp3) is 0.0714. The molecule has 2 heterocycles. The maximum Gasteiger partial charge on any atom is 0.176 e. The second kappa shape index (κ2) is 4.24. The fourth-order valence-electron chi connectivity index (χ4n) is 2.63. The molecule has 0 radical (unpaired) electrons. The van der Waals surface area contributed by atoms with Gasteiger partial charge in [0.15, 0.2) is 5.60 Å². The van der Waals surface area contributed by atoms with E-state index in [0.717, 1.165) is 11.7 Å². The Labute approximate surface area is 129 Å². The highest BCUT2D eigenvalue weighted by molar-refractivity contribution is 7.00. The van der Waals surface area contributed by atoms with E-state index in [9.17, 15) is 5.11 Å². The van der Waals surface area contributed by atoms with Crippen molar-refractivity contribution in [3.8, 4) is 0 Å². The van der Waals surface area contributed by atoms with Crippen LogP contribution in [0.4, 0.5) is 5.69 Å². The van der Waals surface area contributed by atoms with Crippen molar-refractivity contribution in [2.75, 3.05) is 0 Å². The third kappa shape index (κ3) is 1.64. The van der Waals surface area contributed by atoms with Crippen LogP contribution in [0.2, 0.25) is 5.02 Å². The van der Waals surface area contributed by atoms with Crippen molar-refractivity contribution in [2.24, 2.45) is 10.7 Å². The van der Waals surface area contributed by atoms with Gasteiger partial charge in [-0.05, 0) is 24.3 Å². The lowest BCUT2D eigenvalue weighted by Crippen LogP contribution is -2.39. The number of halogens is 1. The predicted octanol–water partition coefficient (Wildman–Crippen LogP) is 2.58. The van der Waals surface area contributed by atoms with E-state index in [1.807, 2.05) is 12.1 Å². The molecule has 0 fully saturated rings. The van der Waals surface area contributed by atoms with Crippen LogP contribution in [0.3, 0.4) is 0 Å². The molecule has 1 unspecified atom stereocenters. The van der Waals surface area contributed by atoms with E-state index in [1.165, 1.54) is 0 Å². The summed E-state index contributed by atoms with van der Waals surface area (Å²) in [5.41, 5.74) is 7.56. The van der Waals surface area contributed by atoms with Gasteiger partial charge in [0.25, 0.3) is 0 Å². The Hall–Kier alpha value is -2.02. The summed E-state index contributed by atoms with van der Waals surface area (Å²) in [6.07, 6.45) is 0. The molecule has 5 nitrogen and oxygen atoms in total. The zero-order chi connectivity index (χ0) is 14.6. The van der Waals surface area contributed by atoms with E-state index in [-0.39, 0.29) is 5.84 Å². The topological polar surface area (TPSA) is 84.4 Å². The van der Waals surface area contributed by atoms with E-state index in [4.69, 9.17) is 17.3 Å². The van der Waals surface area contributed by atoms with Crippen LogP contribution >= 0.6 is 23.3 Å². The summed E-state index contributed by atoms with van der Waals surface area (Å²) in [5.74, 6) is 0.111. The minimum Gasteiger partial charge on any atom is -0.384 e. The molecule has 4 rings (SSSR count). The first-order valence-electron chi connectivity index (χ1n) is 6.19. The van der Waals surface area contributed by atoms with E-state index < -0.39 is 5.60 Å². The smallest absolute Gasteiger partial charge is 0.176 e. The van der Waals surface area contributed by atoms with Crippen molar-refractivity contribution in [3.63, 3.8) is 0 Å². The Morgan fingerprint density at radius 1 is 1.14 bits per heavy atom. The Balaban J connectivity index is 2.06. The molecule has 0 spiro atoms. The fourth-order valence-corrected chi connectivity index (χ4v) is 3.35. The maximum atomic E-state index is 11.2. The minimum atomic E-state index is -1.53. The van der Waals surface area contributed by atoms with Crippen LogP contribution in [0, 0.1) is 0 Å². The van der Waals surface area contributed by atoms with Gasteiger partial charge < -0.3 is 10.8 Å². The van der Waals surface area contributed by atoms with Crippen molar-refractivity contribution in [3.05, 3.63) is 52.5 Å². The molecule has 0 bridgehead atoms. The highest BCUT2D eigenvalue weighted by Crippen LogP contribution is 2.44. The van der Waals surface area contributed by atoms with Crippen LogP contribution in [0.15, 0.2) is 41.4 Å². The molecule has 3 aromatic rings. The van der Waals surface area contributed by atoms with Crippen molar-refractivity contribution in [2.45, 2.75) is 5.60 Å². The number of benzene rings is 2. The lowest BCUT2D eigenvalue weighted by Gasteiger charge is -2.24. The first kappa shape index (κ1) is 12.7. The van der Waals surface area contributed by atoms with Crippen molar-refractivity contribution in [1.29, 1.82) is 0 Å². The number of aliphatic imine (C=N–C) groups is 1. The molecular weight excluding hydrogens is 308 g/mol. The molecule has 0 amide bonds. The third-order valence-corrected chi connectivity index (χ3v) is 4.41. The summed E-state index contributed by atoms with van der Waals surface area (Å²) in [6.45, 7) is 0. The molecule has 0 saturated heterocycles. The van der Waals surface area contributed by atoms with Gasteiger partial charge in [0, 0.05) is 16.1 Å². The SMILES string of the molecule is NC1=Nc2ccc(Cl)cc2C1(O)c1cccc2nsnc12. The average molecular weight is 317 g/mol. The van der Waals surface area contributed by atoms with Gasteiger partial charge in [0.2, 0.25) is 0 Å². The predicted molar refractivity (Wildman–Crippen MR) is 83.1 cm³/mol. The Morgan fingerprint density at radius 3 is 2.86 bits per heavy atom. The Kier molecular flexibility index (Phi) is 2.56. The van der Waals surface area contributed by atoms with Gasteiger partial charge in [-0.3, -0.25) is 0 Å². The molecular formula is C14H9ClN4OS. The van der Waals surface area contributed by atoms with Gasteiger partial charge in [-0.1, -0.05) is 23.7 Å². The summed E-state index contributed by atoms with van der Waals surface area (Å²) in [7, 11) is 0. The quantitative estimate of drug-likeness (QED) is 0.722. The van der Waals surface area contributed by atoms with Crippen LogP contribution < -0.4 is 5.73 Å². The van der Waals surface area contributed by atoms with E-state index in [1.54, 1.807) is 24.3 Å². The monoisotopic (exact) mass is 316 g/mol. The summed E-state index contributed by atoms with van der Waals surface area (Å²) < 4.78 is 8.46. The molecule has 7 heteroatoms. The van der Waals surface area contributed by atoms with Gasteiger partial charge in [0.05, 0.1) is 17.4 Å². The normalized spacial score (nSPS) is 20.6. The highest BCUT2D eigenvalue weighted by Gasteiger charge is 2.44. The largest absolute Gasteiger partial charge is 0.384 e. The molecule has 1 aromatic heterocycles. The van der Waals surface area contributed by atoms with Gasteiger partial charge in [0.1, 0.15) is 16.9 Å². The number of fused-ring (bicyclic) bond motifs is 2. The van der Waals surface area contributed by atoms with Gasteiger partial charge in [-0.25, -0.2) is 4.99 Å². The number of amidine groups is 1. The molecule has 1 aliphatic rings. The van der Waals surface area contributed by atoms with E-state index in [2.05, 4.69) is 13.7 Å². The van der Waals surface area contributed by atoms with Crippen LogP contribution in [-0.4, -0.2) is 19.7 Å². The number of hydrogen-bond donors (Lipinski definition) is 2. The molecule has 21 heavy (non-hydrogen) atoms. The molecule has 1 aliphatic heterocycles. The van der Waals surface area contributed by atoms with Gasteiger partial charge in [-0.2, -0.15) is 8.75 Å². The Bertz CT molecular complexity index is 907. The van der Waals surface area contributed by atoms with Crippen LogP contribution in [0.5, 0.6) is 0 Å². The second-order valence-electron chi connectivity index (χ2n) is 4.81. The maximum absolute atomic E-state index is 11.2. The summed E-state index contributed by atoms with van der Waals surface area (Å²) in [4.78, 5) is 4.25. The van der Waals surface area contributed by atoms with E-state index in [0.29, 0.717) is 32.9 Å². The third-order valence-electron chi connectivity index (χ3n) is 3.64. The van der Waals surface area contributed by atoms with Crippen LogP contribution in [0.25, 0.3) is 11.0 Å². The van der Waals surface area contributed by atoms with Gasteiger partial charge >= 0.3 is 0 Å².